The lowest BCUT2D eigenvalue weighted by Crippen LogP contribution is -2.44. The van der Waals surface area contributed by atoms with E-state index < -0.39 is 36.2 Å². The zero-order chi connectivity index (χ0) is 26.5. The Morgan fingerprint density at radius 2 is 1.69 bits per heavy atom. The molecule has 3 unspecified atom stereocenters. The Morgan fingerprint density at radius 1 is 1.06 bits per heavy atom. The monoisotopic (exact) mass is 511 g/mol. The van der Waals surface area contributed by atoms with Crippen LogP contribution in [0.25, 0.3) is 0 Å². The Bertz CT molecular complexity index is 986. The first kappa shape index (κ1) is 28.1. The van der Waals surface area contributed by atoms with E-state index in [2.05, 4.69) is 18.7 Å². The highest BCUT2D eigenvalue weighted by molar-refractivity contribution is 5.67. The smallest absolute Gasteiger partial charge is 0.389 e. The molecule has 3 atom stereocenters. The van der Waals surface area contributed by atoms with Crippen molar-refractivity contribution in [1.29, 1.82) is 0 Å². The van der Waals surface area contributed by atoms with Gasteiger partial charge in [0.2, 0.25) is 0 Å². The van der Waals surface area contributed by atoms with Gasteiger partial charge in [0.1, 0.15) is 11.6 Å². The van der Waals surface area contributed by atoms with E-state index in [0.29, 0.717) is 37.3 Å². The number of hydrogen-bond acceptors (Lipinski definition) is 2. The summed E-state index contributed by atoms with van der Waals surface area (Å²) in [6.45, 7) is 4.62. The standard InChI is InChI=1S/C28H34F5NO2/c1-18(2)21-4-6-22(7-5-21)26-15-20(16-27(35)36)10-12-34(26)25(9-11-28(31,32)33)8-3-19-13-23(29)17-24(30)14-19/h4-7,13-14,17-18,20,25-26H,3,8-12,15-16H2,1-2H3,(H,35,36). The van der Waals surface area contributed by atoms with Crippen molar-refractivity contribution in [3.63, 3.8) is 0 Å². The van der Waals surface area contributed by atoms with Gasteiger partial charge in [0.15, 0.2) is 0 Å². The first-order valence-electron chi connectivity index (χ1n) is 12.5. The predicted octanol–water partition coefficient (Wildman–Crippen LogP) is 7.66. The van der Waals surface area contributed by atoms with E-state index in [-0.39, 0.29) is 31.2 Å². The first-order chi connectivity index (χ1) is 16.9. The highest BCUT2D eigenvalue weighted by Crippen LogP contribution is 2.40. The third kappa shape index (κ3) is 8.29. The van der Waals surface area contributed by atoms with Crippen LogP contribution in [0.15, 0.2) is 42.5 Å². The van der Waals surface area contributed by atoms with Gasteiger partial charge in [-0.1, -0.05) is 38.1 Å². The zero-order valence-corrected chi connectivity index (χ0v) is 20.7. The SMILES string of the molecule is CC(C)c1ccc(C2CC(CC(=O)O)CCN2C(CCc2cc(F)cc(F)c2)CCC(F)(F)F)cc1. The van der Waals surface area contributed by atoms with Crippen LogP contribution in [0.1, 0.15) is 81.0 Å². The molecule has 0 spiro atoms. The summed E-state index contributed by atoms with van der Waals surface area (Å²) in [6, 6.07) is 10.5. The third-order valence-corrected chi connectivity index (χ3v) is 7.12. The normalized spacial score (nSPS) is 20.0. The molecule has 2 aromatic rings. The number of aliphatic carboxylic acids is 1. The molecule has 198 valence electrons. The van der Waals surface area contributed by atoms with E-state index in [1.807, 2.05) is 24.3 Å². The second-order valence-corrected chi connectivity index (χ2v) is 10.2. The van der Waals surface area contributed by atoms with Crippen LogP contribution < -0.4 is 0 Å². The summed E-state index contributed by atoms with van der Waals surface area (Å²) in [6.07, 6.45) is -3.74. The van der Waals surface area contributed by atoms with Crippen LogP contribution in [-0.2, 0) is 11.2 Å². The van der Waals surface area contributed by atoms with Gasteiger partial charge in [-0.3, -0.25) is 9.69 Å². The zero-order valence-electron chi connectivity index (χ0n) is 20.7. The van der Waals surface area contributed by atoms with Crippen LogP contribution in [0.4, 0.5) is 22.0 Å². The van der Waals surface area contributed by atoms with E-state index in [9.17, 15) is 31.9 Å². The van der Waals surface area contributed by atoms with Crippen LogP contribution >= 0.6 is 0 Å². The van der Waals surface area contributed by atoms with Crippen molar-refractivity contribution in [2.45, 2.75) is 83.0 Å². The van der Waals surface area contributed by atoms with Crippen LogP contribution in [0.3, 0.4) is 0 Å². The number of aryl methyl sites for hydroxylation is 1. The lowest BCUT2D eigenvalue weighted by Gasteiger charge is -2.44. The van der Waals surface area contributed by atoms with Crippen LogP contribution in [0.5, 0.6) is 0 Å². The number of hydrogen-bond donors (Lipinski definition) is 1. The maximum atomic E-state index is 13.7. The number of carboxylic acid groups (broad SMARTS) is 1. The molecule has 1 aliphatic heterocycles. The van der Waals surface area contributed by atoms with E-state index in [1.54, 1.807) is 0 Å². The summed E-state index contributed by atoms with van der Waals surface area (Å²) in [5.41, 5.74) is 2.50. The van der Waals surface area contributed by atoms with Crippen molar-refractivity contribution in [1.82, 2.24) is 4.90 Å². The van der Waals surface area contributed by atoms with Crippen molar-refractivity contribution in [3.8, 4) is 0 Å². The van der Waals surface area contributed by atoms with E-state index in [4.69, 9.17) is 0 Å². The van der Waals surface area contributed by atoms with Gasteiger partial charge in [-0.05, 0) is 79.3 Å². The summed E-state index contributed by atoms with van der Waals surface area (Å²) < 4.78 is 67.0. The Balaban J connectivity index is 1.88. The van der Waals surface area contributed by atoms with Gasteiger partial charge in [0, 0.05) is 31.0 Å². The minimum atomic E-state index is -4.32. The lowest BCUT2D eigenvalue weighted by atomic mass is 9.82. The average Bonchev–Trinajstić information content (AvgIpc) is 2.78. The maximum Gasteiger partial charge on any atom is 0.389 e. The molecule has 0 bridgehead atoms. The van der Waals surface area contributed by atoms with E-state index >= 15 is 0 Å². The molecule has 8 heteroatoms. The number of alkyl halides is 3. The number of halogens is 5. The Hall–Kier alpha value is -2.48. The maximum absolute atomic E-state index is 13.7. The van der Waals surface area contributed by atoms with Crippen LogP contribution in [-0.4, -0.2) is 34.7 Å². The number of carbonyl (C=O) groups is 1. The molecular weight excluding hydrogens is 477 g/mol. The van der Waals surface area contributed by atoms with Gasteiger partial charge in [-0.25, -0.2) is 8.78 Å². The number of rotatable bonds is 10. The van der Waals surface area contributed by atoms with Crippen molar-refractivity contribution < 1.29 is 31.9 Å². The summed E-state index contributed by atoms with van der Waals surface area (Å²) in [4.78, 5) is 13.4. The fourth-order valence-corrected chi connectivity index (χ4v) is 5.25. The minimum Gasteiger partial charge on any atom is -0.481 e. The molecule has 36 heavy (non-hydrogen) atoms. The largest absolute Gasteiger partial charge is 0.481 e. The number of nitrogens with zero attached hydrogens (tertiary/aromatic N) is 1. The second-order valence-electron chi connectivity index (χ2n) is 10.2. The molecule has 2 aromatic carbocycles. The number of likely N-dealkylation sites (tertiary alicyclic amines) is 1. The molecule has 1 saturated heterocycles. The highest BCUT2D eigenvalue weighted by Gasteiger charge is 2.37. The van der Waals surface area contributed by atoms with Gasteiger partial charge in [0.05, 0.1) is 0 Å². The summed E-state index contributed by atoms with van der Waals surface area (Å²) >= 11 is 0. The highest BCUT2D eigenvalue weighted by atomic mass is 19.4. The molecule has 1 heterocycles. The number of piperidine rings is 1. The molecule has 1 N–H and O–H groups in total. The van der Waals surface area contributed by atoms with Crippen LogP contribution in [0, 0.1) is 17.6 Å². The second kappa shape index (κ2) is 12.2. The van der Waals surface area contributed by atoms with Gasteiger partial charge >= 0.3 is 12.1 Å². The molecular formula is C28H34F5NO2. The third-order valence-electron chi connectivity index (χ3n) is 7.12. The Morgan fingerprint density at radius 3 is 2.25 bits per heavy atom. The number of benzene rings is 2. The van der Waals surface area contributed by atoms with Crippen molar-refractivity contribution in [2.75, 3.05) is 6.54 Å². The average molecular weight is 512 g/mol. The quantitative estimate of drug-likeness (QED) is 0.333. The topological polar surface area (TPSA) is 40.5 Å². The Labute approximate surface area is 209 Å². The van der Waals surface area contributed by atoms with Crippen molar-refractivity contribution in [2.24, 2.45) is 5.92 Å². The van der Waals surface area contributed by atoms with Crippen molar-refractivity contribution >= 4 is 5.97 Å². The van der Waals surface area contributed by atoms with E-state index in [0.717, 1.165) is 17.2 Å². The Kier molecular flexibility index (Phi) is 9.50. The van der Waals surface area contributed by atoms with Gasteiger partial charge in [-0.15, -0.1) is 0 Å². The van der Waals surface area contributed by atoms with Gasteiger partial charge < -0.3 is 5.11 Å². The fourth-order valence-electron chi connectivity index (χ4n) is 5.25. The molecule has 0 saturated carbocycles. The molecule has 1 aliphatic rings. The minimum absolute atomic E-state index is 0.0181. The van der Waals surface area contributed by atoms with Gasteiger partial charge in [-0.2, -0.15) is 13.2 Å². The van der Waals surface area contributed by atoms with E-state index in [1.165, 1.54) is 12.1 Å². The van der Waals surface area contributed by atoms with Gasteiger partial charge in [0.25, 0.3) is 0 Å². The predicted molar refractivity (Wildman–Crippen MR) is 129 cm³/mol. The summed E-state index contributed by atoms with van der Waals surface area (Å²) in [5.74, 6) is -2.06. The molecule has 0 aromatic heterocycles. The molecule has 1 fully saturated rings. The summed E-state index contributed by atoms with van der Waals surface area (Å²) in [5, 5.41) is 9.32. The molecule has 0 radical (unpaired) electrons. The lowest BCUT2D eigenvalue weighted by molar-refractivity contribution is -0.141. The molecule has 3 rings (SSSR count). The molecule has 3 nitrogen and oxygen atoms in total. The molecule has 0 aliphatic carbocycles. The van der Waals surface area contributed by atoms with Crippen molar-refractivity contribution in [3.05, 3.63) is 70.8 Å². The fraction of sp³-hybridized carbons (Fsp3) is 0.536. The first-order valence-corrected chi connectivity index (χ1v) is 12.5. The molecule has 0 amide bonds. The summed E-state index contributed by atoms with van der Waals surface area (Å²) in [7, 11) is 0. The van der Waals surface area contributed by atoms with Crippen LogP contribution in [0.2, 0.25) is 0 Å². The number of carboxylic acids is 1.